The third kappa shape index (κ3) is 3.37. The zero-order chi connectivity index (χ0) is 20.7. The topological polar surface area (TPSA) is 53.4 Å². The molecule has 0 fully saturated rings. The van der Waals surface area contributed by atoms with Gasteiger partial charge in [-0.3, -0.25) is 9.36 Å². The Kier molecular flexibility index (Phi) is 4.78. The van der Waals surface area contributed by atoms with Gasteiger partial charge in [0.05, 0.1) is 16.6 Å². The minimum atomic E-state index is -0.0850. The molecule has 0 saturated carbocycles. The van der Waals surface area contributed by atoms with Gasteiger partial charge >= 0.3 is 0 Å². The predicted octanol–water partition coefficient (Wildman–Crippen LogP) is 5.20. The van der Waals surface area contributed by atoms with Crippen LogP contribution >= 0.6 is 22.6 Å². The van der Waals surface area contributed by atoms with Crippen LogP contribution in [0.1, 0.15) is 17.0 Å². The minimum Gasteiger partial charge on any atom is -0.454 e. The lowest BCUT2D eigenvalue weighted by Gasteiger charge is -2.13. The number of rotatable bonds is 3. The molecule has 148 valence electrons. The van der Waals surface area contributed by atoms with Gasteiger partial charge in [-0.25, -0.2) is 4.98 Å². The summed E-state index contributed by atoms with van der Waals surface area (Å²) in [6, 6.07) is 19.3. The molecule has 0 bridgehead atoms. The number of nitrogens with zero attached hydrogens (tertiary/aromatic N) is 2. The molecule has 0 amide bonds. The minimum absolute atomic E-state index is 0.0850. The van der Waals surface area contributed by atoms with Crippen LogP contribution in [0.15, 0.2) is 65.5 Å². The van der Waals surface area contributed by atoms with Gasteiger partial charge in [0, 0.05) is 3.57 Å². The summed E-state index contributed by atoms with van der Waals surface area (Å²) in [5.74, 6) is 2.03. The lowest BCUT2D eigenvalue weighted by Crippen LogP contribution is -2.23. The fraction of sp³-hybridized carbons (Fsp3) is 0.0833. The van der Waals surface area contributed by atoms with E-state index in [9.17, 15) is 4.79 Å². The summed E-state index contributed by atoms with van der Waals surface area (Å²) in [5, 5.41) is 0.602. The summed E-state index contributed by atoms with van der Waals surface area (Å²) < 4.78 is 13.5. The van der Waals surface area contributed by atoms with Crippen LogP contribution in [0.25, 0.3) is 28.7 Å². The van der Waals surface area contributed by atoms with E-state index in [-0.39, 0.29) is 12.4 Å². The molecule has 1 aliphatic rings. The second-order valence-corrected chi connectivity index (χ2v) is 8.25. The lowest BCUT2D eigenvalue weighted by molar-refractivity contribution is 0.174. The summed E-state index contributed by atoms with van der Waals surface area (Å²) >= 11 is 2.21. The van der Waals surface area contributed by atoms with Gasteiger partial charge in [-0.05, 0) is 83.1 Å². The zero-order valence-electron chi connectivity index (χ0n) is 16.1. The Balaban J connectivity index is 1.70. The molecular formula is C24H17IN2O3. The summed E-state index contributed by atoms with van der Waals surface area (Å²) in [4.78, 5) is 18.3. The van der Waals surface area contributed by atoms with Crippen LogP contribution in [0.5, 0.6) is 11.5 Å². The van der Waals surface area contributed by atoms with E-state index < -0.39 is 0 Å². The largest absolute Gasteiger partial charge is 0.454 e. The van der Waals surface area contributed by atoms with E-state index in [0.717, 1.165) is 31.9 Å². The van der Waals surface area contributed by atoms with Gasteiger partial charge in [-0.1, -0.05) is 30.3 Å². The molecule has 2 heterocycles. The molecule has 3 aromatic carbocycles. The molecule has 30 heavy (non-hydrogen) atoms. The fourth-order valence-electron chi connectivity index (χ4n) is 3.52. The number of hydrogen-bond donors (Lipinski definition) is 0. The molecule has 5 rings (SSSR count). The van der Waals surface area contributed by atoms with Crippen LogP contribution in [0, 0.1) is 10.5 Å². The van der Waals surface area contributed by atoms with Crippen molar-refractivity contribution in [2.24, 2.45) is 0 Å². The van der Waals surface area contributed by atoms with Gasteiger partial charge in [0.15, 0.2) is 11.5 Å². The normalized spacial score (nSPS) is 12.7. The zero-order valence-corrected chi connectivity index (χ0v) is 18.3. The molecule has 0 unspecified atom stereocenters. The van der Waals surface area contributed by atoms with E-state index in [2.05, 4.69) is 22.6 Å². The Bertz CT molecular complexity index is 1370. The molecule has 0 radical (unpaired) electrons. The summed E-state index contributed by atoms with van der Waals surface area (Å²) in [5.41, 5.74) is 3.35. The smallest absolute Gasteiger partial charge is 0.266 e. The van der Waals surface area contributed by atoms with Crippen molar-refractivity contribution in [1.29, 1.82) is 0 Å². The Morgan fingerprint density at radius 2 is 1.83 bits per heavy atom. The molecule has 0 saturated heterocycles. The lowest BCUT2D eigenvalue weighted by atomic mass is 10.1. The molecule has 0 N–H and O–H groups in total. The maximum Gasteiger partial charge on any atom is 0.266 e. The Hall–Kier alpha value is -3.13. The number of para-hydroxylation sites is 1. The molecule has 6 heteroatoms. The highest BCUT2D eigenvalue weighted by atomic mass is 127. The Labute approximate surface area is 186 Å². The molecular weight excluding hydrogens is 491 g/mol. The number of aryl methyl sites for hydroxylation is 1. The number of benzene rings is 3. The second-order valence-electron chi connectivity index (χ2n) is 7.00. The van der Waals surface area contributed by atoms with Crippen molar-refractivity contribution >= 4 is 45.6 Å². The van der Waals surface area contributed by atoms with Crippen LogP contribution < -0.4 is 15.0 Å². The highest BCUT2D eigenvalue weighted by Crippen LogP contribution is 2.33. The van der Waals surface area contributed by atoms with Crippen molar-refractivity contribution in [3.05, 3.63) is 91.5 Å². The van der Waals surface area contributed by atoms with Crippen LogP contribution in [0.4, 0.5) is 0 Å². The number of fused-ring (bicyclic) bond motifs is 2. The van der Waals surface area contributed by atoms with Crippen LogP contribution in [-0.2, 0) is 0 Å². The van der Waals surface area contributed by atoms with Gasteiger partial charge in [-0.2, -0.15) is 0 Å². The SMILES string of the molecule is Cc1ccccc1-n1c(C=Cc2ccc3c(c2)OCO3)nc2ccc(I)cc2c1=O. The highest BCUT2D eigenvalue weighted by molar-refractivity contribution is 14.1. The molecule has 0 spiro atoms. The monoisotopic (exact) mass is 508 g/mol. The van der Waals surface area contributed by atoms with Crippen molar-refractivity contribution in [2.45, 2.75) is 6.92 Å². The van der Waals surface area contributed by atoms with E-state index in [0.29, 0.717) is 16.7 Å². The molecule has 5 nitrogen and oxygen atoms in total. The molecule has 0 aliphatic carbocycles. The average molecular weight is 508 g/mol. The first-order valence-corrected chi connectivity index (χ1v) is 10.5. The molecule has 1 aromatic heterocycles. The third-order valence-electron chi connectivity index (χ3n) is 5.03. The van der Waals surface area contributed by atoms with E-state index in [1.165, 1.54) is 0 Å². The van der Waals surface area contributed by atoms with Crippen LogP contribution in [0.2, 0.25) is 0 Å². The van der Waals surface area contributed by atoms with Crippen molar-refractivity contribution < 1.29 is 9.47 Å². The second kappa shape index (κ2) is 7.60. The summed E-state index contributed by atoms with van der Waals surface area (Å²) in [6.07, 6.45) is 3.79. The van der Waals surface area contributed by atoms with E-state index >= 15 is 0 Å². The van der Waals surface area contributed by atoms with Crippen molar-refractivity contribution in [2.75, 3.05) is 6.79 Å². The quantitative estimate of drug-likeness (QED) is 0.357. The first-order chi connectivity index (χ1) is 14.6. The molecule has 1 aliphatic heterocycles. The fourth-order valence-corrected chi connectivity index (χ4v) is 4.01. The first-order valence-electron chi connectivity index (χ1n) is 9.46. The van der Waals surface area contributed by atoms with Crippen molar-refractivity contribution in [1.82, 2.24) is 9.55 Å². The summed E-state index contributed by atoms with van der Waals surface area (Å²) in [7, 11) is 0. The average Bonchev–Trinajstić information content (AvgIpc) is 3.22. The van der Waals surface area contributed by atoms with Crippen molar-refractivity contribution in [3.8, 4) is 17.2 Å². The maximum atomic E-state index is 13.5. The van der Waals surface area contributed by atoms with Gasteiger partial charge in [0.25, 0.3) is 5.56 Å². The number of aromatic nitrogens is 2. The molecule has 4 aromatic rings. The number of ether oxygens (including phenoxy) is 2. The van der Waals surface area contributed by atoms with Crippen LogP contribution in [-0.4, -0.2) is 16.3 Å². The predicted molar refractivity (Wildman–Crippen MR) is 126 cm³/mol. The summed E-state index contributed by atoms with van der Waals surface area (Å²) in [6.45, 7) is 2.23. The third-order valence-corrected chi connectivity index (χ3v) is 5.71. The van der Waals surface area contributed by atoms with E-state index in [4.69, 9.17) is 14.5 Å². The maximum absolute atomic E-state index is 13.5. The standard InChI is InChI=1S/C24H17IN2O3/c1-15-4-2-3-5-20(15)27-23(26-19-9-8-17(25)13-18(19)24(27)28)11-7-16-6-10-21-22(12-16)30-14-29-21/h2-13H,14H2,1H3. The van der Waals surface area contributed by atoms with Crippen LogP contribution in [0.3, 0.4) is 0 Å². The van der Waals surface area contributed by atoms with E-state index in [1.807, 2.05) is 79.7 Å². The highest BCUT2D eigenvalue weighted by Gasteiger charge is 2.14. The molecule has 0 atom stereocenters. The number of halogens is 1. The van der Waals surface area contributed by atoms with Gasteiger partial charge in [0.2, 0.25) is 6.79 Å². The van der Waals surface area contributed by atoms with Crippen molar-refractivity contribution in [3.63, 3.8) is 0 Å². The van der Waals surface area contributed by atoms with Gasteiger partial charge < -0.3 is 9.47 Å². The number of hydrogen-bond acceptors (Lipinski definition) is 4. The van der Waals surface area contributed by atoms with E-state index in [1.54, 1.807) is 4.57 Å². The van der Waals surface area contributed by atoms with Gasteiger partial charge in [0.1, 0.15) is 5.82 Å². The van der Waals surface area contributed by atoms with Gasteiger partial charge in [-0.15, -0.1) is 0 Å². The first kappa shape index (κ1) is 18.9. The Morgan fingerprint density at radius 3 is 2.70 bits per heavy atom. The Morgan fingerprint density at radius 1 is 1.00 bits per heavy atom.